The van der Waals surface area contributed by atoms with E-state index >= 15 is 0 Å². The van der Waals surface area contributed by atoms with Gasteiger partial charge in [0.25, 0.3) is 0 Å². The van der Waals surface area contributed by atoms with Crippen molar-refractivity contribution in [3.8, 4) is 0 Å². The normalized spacial score (nSPS) is 19.5. The number of nitrogens with one attached hydrogen (secondary N) is 1. The van der Waals surface area contributed by atoms with Crippen LogP contribution in [0.3, 0.4) is 0 Å². The van der Waals surface area contributed by atoms with Gasteiger partial charge in [-0.2, -0.15) is 0 Å². The van der Waals surface area contributed by atoms with Gasteiger partial charge in [0.2, 0.25) is 0 Å². The first-order chi connectivity index (χ1) is 3.79. The van der Waals surface area contributed by atoms with E-state index < -0.39 is 0 Å². The maximum atomic E-state index is 5.46. The van der Waals surface area contributed by atoms with Crippen molar-refractivity contribution in [1.82, 2.24) is 5.32 Å². The molecule has 1 rings (SSSR count). The molecule has 0 fully saturated rings. The highest BCUT2D eigenvalue weighted by Crippen LogP contribution is 1.96. The molecule has 0 unspecified atom stereocenters. The lowest BCUT2D eigenvalue weighted by Gasteiger charge is -2.10. The lowest BCUT2D eigenvalue weighted by Crippen LogP contribution is -2.27. The average Bonchev–Trinajstić information content (AvgIpc) is 1.64. The van der Waals surface area contributed by atoms with Gasteiger partial charge in [-0.15, -0.1) is 0 Å². The van der Waals surface area contributed by atoms with Gasteiger partial charge in [-0.3, -0.25) is 0 Å². The van der Waals surface area contributed by atoms with Crippen molar-refractivity contribution in [2.75, 3.05) is 6.54 Å². The Morgan fingerprint density at radius 2 is 2.50 bits per heavy atom. The maximum Gasteiger partial charge on any atom is 0.100 e. The van der Waals surface area contributed by atoms with E-state index in [0.29, 0.717) is 0 Å². The molecule has 0 atom stereocenters. The van der Waals surface area contributed by atoms with Crippen LogP contribution < -0.4 is 11.1 Å². The molecule has 1 aliphatic rings. The van der Waals surface area contributed by atoms with Crippen molar-refractivity contribution in [3.05, 3.63) is 11.8 Å². The zero-order valence-corrected chi connectivity index (χ0v) is 5.29. The van der Waals surface area contributed by atoms with Crippen molar-refractivity contribution >= 4 is 17.2 Å². The van der Waals surface area contributed by atoms with E-state index in [-0.39, 0.29) is 0 Å². The Morgan fingerprint density at radius 3 is 2.88 bits per heavy atom. The van der Waals surface area contributed by atoms with Crippen LogP contribution in [0.5, 0.6) is 0 Å². The van der Waals surface area contributed by atoms with E-state index in [1.807, 2.05) is 0 Å². The summed E-state index contributed by atoms with van der Waals surface area (Å²) in [6.45, 7) is 0.890. The highest BCUT2D eigenvalue weighted by molar-refractivity contribution is 7.80. The van der Waals surface area contributed by atoms with Gasteiger partial charge in [0.15, 0.2) is 0 Å². The molecular weight excluding hydrogens is 120 g/mol. The van der Waals surface area contributed by atoms with E-state index in [0.717, 1.165) is 23.7 Å². The second kappa shape index (κ2) is 2.13. The number of thiocarbonyl (C=S) groups is 1. The first kappa shape index (κ1) is 5.56. The molecule has 0 bridgehead atoms. The Hall–Kier alpha value is -0.570. The van der Waals surface area contributed by atoms with E-state index in [1.54, 1.807) is 6.08 Å². The summed E-state index contributed by atoms with van der Waals surface area (Å²) in [6.07, 6.45) is 2.71. The maximum absolute atomic E-state index is 5.46. The van der Waals surface area contributed by atoms with Gasteiger partial charge in [-0.1, -0.05) is 12.2 Å². The summed E-state index contributed by atoms with van der Waals surface area (Å²) in [4.78, 5) is 0.758. The topological polar surface area (TPSA) is 38.0 Å². The van der Waals surface area contributed by atoms with E-state index in [2.05, 4.69) is 5.32 Å². The summed E-state index contributed by atoms with van der Waals surface area (Å²) in [6, 6.07) is 0. The molecule has 0 saturated carbocycles. The second-order valence-electron chi connectivity index (χ2n) is 1.76. The Bertz CT molecular complexity index is 139. The Kier molecular flexibility index (Phi) is 1.48. The van der Waals surface area contributed by atoms with Crippen molar-refractivity contribution in [3.63, 3.8) is 0 Å². The number of nitrogens with two attached hydrogens (primary N) is 1. The van der Waals surface area contributed by atoms with Crippen LogP contribution in [0.25, 0.3) is 0 Å². The molecule has 0 aliphatic carbocycles. The summed E-state index contributed by atoms with van der Waals surface area (Å²) >= 11 is 4.82. The molecule has 0 aromatic heterocycles. The molecule has 2 nitrogen and oxygen atoms in total. The molecule has 8 heavy (non-hydrogen) atoms. The quantitative estimate of drug-likeness (QED) is 0.456. The van der Waals surface area contributed by atoms with Crippen molar-refractivity contribution in [2.24, 2.45) is 5.73 Å². The van der Waals surface area contributed by atoms with Crippen molar-refractivity contribution < 1.29 is 0 Å². The van der Waals surface area contributed by atoms with Gasteiger partial charge >= 0.3 is 0 Å². The van der Waals surface area contributed by atoms with Gasteiger partial charge < -0.3 is 11.1 Å². The lowest BCUT2D eigenvalue weighted by atomic mass is 10.2. The van der Waals surface area contributed by atoms with Crippen LogP contribution >= 0.6 is 12.2 Å². The smallest absolute Gasteiger partial charge is 0.100 e. The predicted octanol–water partition coefficient (Wildman–Crippen LogP) is 0.150. The molecule has 44 valence electrons. The van der Waals surface area contributed by atoms with Gasteiger partial charge in [0, 0.05) is 18.7 Å². The molecule has 1 aliphatic heterocycles. The fourth-order valence-corrected chi connectivity index (χ4v) is 0.875. The van der Waals surface area contributed by atoms with Gasteiger partial charge in [-0.05, 0) is 6.08 Å². The summed E-state index contributed by atoms with van der Waals surface area (Å²) in [7, 11) is 0. The fraction of sp³-hybridized carbons (Fsp3) is 0.400. The third kappa shape index (κ3) is 1.20. The largest absolute Gasteiger partial charge is 0.402 e. The van der Waals surface area contributed by atoms with Crippen LogP contribution in [0, 0.1) is 0 Å². The summed E-state index contributed by atoms with van der Waals surface area (Å²) in [5, 5.41) is 2.99. The molecule has 0 radical (unpaired) electrons. The van der Waals surface area contributed by atoms with Gasteiger partial charge in [0.05, 0.1) is 0 Å². The van der Waals surface area contributed by atoms with Crippen LogP contribution in [0.4, 0.5) is 0 Å². The minimum absolute atomic E-state index is 0.758. The van der Waals surface area contributed by atoms with Crippen molar-refractivity contribution in [2.45, 2.75) is 6.42 Å². The SMILES string of the molecule is NC1=CC(=S)NCC1. The van der Waals surface area contributed by atoms with E-state index in [9.17, 15) is 0 Å². The monoisotopic (exact) mass is 128 g/mol. The van der Waals surface area contributed by atoms with Crippen LogP contribution in [-0.4, -0.2) is 11.5 Å². The Morgan fingerprint density at radius 1 is 1.75 bits per heavy atom. The zero-order valence-electron chi connectivity index (χ0n) is 4.48. The number of hydrogen-bond acceptors (Lipinski definition) is 2. The Labute approximate surface area is 53.8 Å². The van der Waals surface area contributed by atoms with Crippen molar-refractivity contribution in [1.29, 1.82) is 0 Å². The minimum Gasteiger partial charge on any atom is -0.402 e. The minimum atomic E-state index is 0.758. The second-order valence-corrected chi connectivity index (χ2v) is 2.20. The first-order valence-corrected chi connectivity index (χ1v) is 2.94. The summed E-state index contributed by atoms with van der Waals surface area (Å²) in [5.74, 6) is 0. The summed E-state index contributed by atoms with van der Waals surface area (Å²) < 4.78 is 0. The molecule has 0 spiro atoms. The van der Waals surface area contributed by atoms with Gasteiger partial charge in [-0.25, -0.2) is 0 Å². The third-order valence-electron chi connectivity index (χ3n) is 1.03. The number of rotatable bonds is 0. The third-order valence-corrected chi connectivity index (χ3v) is 1.29. The average molecular weight is 128 g/mol. The summed E-state index contributed by atoms with van der Waals surface area (Å²) in [5.41, 5.74) is 6.34. The van der Waals surface area contributed by atoms with E-state index in [4.69, 9.17) is 18.0 Å². The lowest BCUT2D eigenvalue weighted by molar-refractivity contribution is 0.837. The zero-order chi connectivity index (χ0) is 5.98. The number of hydrogen-bond donors (Lipinski definition) is 2. The molecule has 0 aromatic rings. The molecule has 0 saturated heterocycles. The molecule has 3 heteroatoms. The highest BCUT2D eigenvalue weighted by Gasteiger charge is 1.99. The molecule has 3 N–H and O–H groups in total. The highest BCUT2D eigenvalue weighted by atomic mass is 32.1. The molecule has 0 aromatic carbocycles. The van der Waals surface area contributed by atoms with E-state index in [1.165, 1.54) is 0 Å². The fourth-order valence-electron chi connectivity index (χ4n) is 0.622. The van der Waals surface area contributed by atoms with Crippen LogP contribution in [0.2, 0.25) is 0 Å². The molecule has 0 amide bonds. The van der Waals surface area contributed by atoms with Crippen LogP contribution in [0.15, 0.2) is 11.8 Å². The predicted molar refractivity (Wildman–Crippen MR) is 37.5 cm³/mol. The van der Waals surface area contributed by atoms with Crippen LogP contribution in [-0.2, 0) is 0 Å². The standard InChI is InChI=1S/C5H8N2S/c6-4-1-2-7-5(8)3-4/h3H,1-2,6H2,(H,7,8). The van der Waals surface area contributed by atoms with Crippen LogP contribution in [0.1, 0.15) is 6.42 Å². The molecule has 1 heterocycles. The van der Waals surface area contributed by atoms with Gasteiger partial charge in [0.1, 0.15) is 4.99 Å². The Balaban J connectivity index is 2.64. The molecular formula is C5H8N2S. The first-order valence-electron chi connectivity index (χ1n) is 2.53.